The van der Waals surface area contributed by atoms with E-state index in [4.69, 9.17) is 0 Å². The molecule has 2 aromatic rings. The van der Waals surface area contributed by atoms with E-state index in [1.807, 2.05) is 65.6 Å². The maximum Gasteiger partial charge on any atom is 0.227 e. The number of hydrogen-bond acceptors (Lipinski definition) is 3. The molecular weight excluding hydrogens is 334 g/mol. The van der Waals surface area contributed by atoms with Crippen molar-refractivity contribution in [3.05, 3.63) is 71.8 Å². The van der Waals surface area contributed by atoms with Crippen LogP contribution in [0.3, 0.4) is 0 Å². The van der Waals surface area contributed by atoms with Crippen LogP contribution in [-0.2, 0) is 27.6 Å². The molecule has 0 bridgehead atoms. The van der Waals surface area contributed by atoms with Crippen molar-refractivity contribution in [1.29, 1.82) is 0 Å². The van der Waals surface area contributed by atoms with Gasteiger partial charge < -0.3 is 4.90 Å². The molecule has 0 N–H and O–H groups in total. The zero-order chi connectivity index (χ0) is 17.7. The fourth-order valence-corrected chi connectivity index (χ4v) is 5.12. The molecule has 4 nitrogen and oxygen atoms in total. The van der Waals surface area contributed by atoms with Crippen molar-refractivity contribution < 1.29 is 13.2 Å². The maximum absolute atomic E-state index is 12.8. The van der Waals surface area contributed by atoms with Crippen LogP contribution < -0.4 is 0 Å². The molecule has 132 valence electrons. The first-order valence-electron chi connectivity index (χ1n) is 8.58. The molecule has 0 spiro atoms. The summed E-state index contributed by atoms with van der Waals surface area (Å²) in [5.41, 5.74) is 2.04. The summed E-state index contributed by atoms with van der Waals surface area (Å²) in [5, 5.41) is 0. The average Bonchev–Trinajstić information content (AvgIpc) is 2.95. The predicted molar refractivity (Wildman–Crippen MR) is 98.8 cm³/mol. The second-order valence-corrected chi connectivity index (χ2v) is 8.92. The van der Waals surface area contributed by atoms with Crippen molar-refractivity contribution in [2.75, 3.05) is 18.1 Å². The molecule has 0 saturated carbocycles. The summed E-state index contributed by atoms with van der Waals surface area (Å²) in [6, 6.07) is 19.5. The van der Waals surface area contributed by atoms with Crippen molar-refractivity contribution >= 4 is 15.7 Å². The predicted octanol–water partition coefficient (Wildman–Crippen LogP) is 2.69. The summed E-state index contributed by atoms with van der Waals surface area (Å²) < 4.78 is 23.5. The van der Waals surface area contributed by atoms with Gasteiger partial charge in [-0.25, -0.2) is 8.42 Å². The van der Waals surface area contributed by atoms with Crippen molar-refractivity contribution in [3.63, 3.8) is 0 Å². The largest absolute Gasteiger partial charge is 0.338 e. The molecule has 0 radical (unpaired) electrons. The first-order valence-corrected chi connectivity index (χ1v) is 10.4. The van der Waals surface area contributed by atoms with Gasteiger partial charge in [0, 0.05) is 13.1 Å². The fraction of sp³-hybridized carbons (Fsp3) is 0.350. The monoisotopic (exact) mass is 357 g/mol. The molecule has 0 aliphatic carbocycles. The number of sulfone groups is 1. The summed E-state index contributed by atoms with van der Waals surface area (Å²) in [4.78, 5) is 14.7. The Bertz CT molecular complexity index is 803. The van der Waals surface area contributed by atoms with E-state index in [0.29, 0.717) is 25.9 Å². The Morgan fingerprint density at radius 2 is 1.56 bits per heavy atom. The highest BCUT2D eigenvalue weighted by Crippen LogP contribution is 2.21. The Labute approximate surface area is 149 Å². The van der Waals surface area contributed by atoms with Crippen molar-refractivity contribution in [1.82, 2.24) is 4.90 Å². The van der Waals surface area contributed by atoms with Gasteiger partial charge >= 0.3 is 0 Å². The molecule has 5 heteroatoms. The molecule has 3 rings (SSSR count). The van der Waals surface area contributed by atoms with Crippen LogP contribution in [0.5, 0.6) is 0 Å². The van der Waals surface area contributed by atoms with E-state index in [9.17, 15) is 13.2 Å². The normalized spacial score (nSPS) is 18.8. The third-order valence-electron chi connectivity index (χ3n) is 4.57. The lowest BCUT2D eigenvalue weighted by molar-refractivity contribution is -0.131. The first kappa shape index (κ1) is 17.7. The lowest BCUT2D eigenvalue weighted by atomic mass is 10.1. The average molecular weight is 357 g/mol. The molecule has 1 aliphatic rings. The third kappa shape index (κ3) is 5.16. The van der Waals surface area contributed by atoms with Gasteiger partial charge in [0.2, 0.25) is 5.91 Å². The van der Waals surface area contributed by atoms with Crippen LogP contribution in [0.4, 0.5) is 0 Å². The van der Waals surface area contributed by atoms with E-state index in [1.165, 1.54) is 0 Å². The standard InChI is InChI=1S/C20H23NO3S/c22-20(13-17-7-3-1-4-8-17)21(14-18-9-5-2-6-10-18)15-19-11-12-25(23,24)16-19/h1-10,19H,11-16H2. The maximum atomic E-state index is 12.8. The molecule has 1 amide bonds. The minimum atomic E-state index is -2.94. The molecule has 2 aromatic carbocycles. The van der Waals surface area contributed by atoms with E-state index < -0.39 is 9.84 Å². The minimum absolute atomic E-state index is 0.0356. The highest BCUT2D eigenvalue weighted by Gasteiger charge is 2.30. The first-order chi connectivity index (χ1) is 12.0. The van der Waals surface area contributed by atoms with Crippen LogP contribution in [0.15, 0.2) is 60.7 Å². The van der Waals surface area contributed by atoms with Crippen LogP contribution in [0, 0.1) is 5.92 Å². The fourth-order valence-electron chi connectivity index (χ4n) is 3.27. The lowest BCUT2D eigenvalue weighted by Crippen LogP contribution is -2.36. The number of nitrogens with zero attached hydrogens (tertiary/aromatic N) is 1. The topological polar surface area (TPSA) is 54.5 Å². The summed E-state index contributed by atoms with van der Waals surface area (Å²) in [6.45, 7) is 1.02. The van der Waals surface area contributed by atoms with Gasteiger partial charge in [-0.3, -0.25) is 4.79 Å². The Morgan fingerprint density at radius 3 is 2.12 bits per heavy atom. The zero-order valence-electron chi connectivity index (χ0n) is 14.2. The molecule has 1 unspecified atom stereocenters. The number of rotatable bonds is 6. The molecule has 1 atom stereocenters. The van der Waals surface area contributed by atoms with Crippen LogP contribution in [0.2, 0.25) is 0 Å². The quantitative estimate of drug-likeness (QED) is 0.799. The van der Waals surface area contributed by atoms with E-state index in [1.54, 1.807) is 0 Å². The Morgan fingerprint density at radius 1 is 0.960 bits per heavy atom. The van der Waals surface area contributed by atoms with E-state index in [2.05, 4.69) is 0 Å². The van der Waals surface area contributed by atoms with Gasteiger partial charge in [0.15, 0.2) is 9.84 Å². The Balaban J connectivity index is 1.72. The number of carbonyl (C=O) groups excluding carboxylic acids is 1. The minimum Gasteiger partial charge on any atom is -0.338 e. The van der Waals surface area contributed by atoms with E-state index >= 15 is 0 Å². The SMILES string of the molecule is O=C(Cc1ccccc1)N(Cc1ccccc1)CC1CCS(=O)(=O)C1. The van der Waals surface area contributed by atoms with Crippen LogP contribution >= 0.6 is 0 Å². The van der Waals surface area contributed by atoms with Crippen LogP contribution in [0.1, 0.15) is 17.5 Å². The number of benzene rings is 2. The van der Waals surface area contributed by atoms with Crippen LogP contribution in [-0.4, -0.2) is 37.3 Å². The lowest BCUT2D eigenvalue weighted by Gasteiger charge is -2.26. The van der Waals surface area contributed by atoms with Crippen molar-refractivity contribution in [3.8, 4) is 0 Å². The molecule has 1 aliphatic heterocycles. The van der Waals surface area contributed by atoms with Gasteiger partial charge in [0.05, 0.1) is 17.9 Å². The third-order valence-corrected chi connectivity index (χ3v) is 6.41. The summed E-state index contributed by atoms with van der Waals surface area (Å²) in [5.74, 6) is 0.508. The second kappa shape index (κ2) is 7.83. The number of carbonyl (C=O) groups is 1. The van der Waals surface area contributed by atoms with Crippen LogP contribution in [0.25, 0.3) is 0 Å². The highest BCUT2D eigenvalue weighted by molar-refractivity contribution is 7.91. The number of amides is 1. The van der Waals surface area contributed by atoms with Gasteiger partial charge in [0.1, 0.15) is 0 Å². The molecular formula is C20H23NO3S. The molecule has 0 aromatic heterocycles. The Kier molecular flexibility index (Phi) is 5.53. The summed E-state index contributed by atoms with van der Waals surface area (Å²) in [7, 11) is -2.94. The van der Waals surface area contributed by atoms with E-state index in [0.717, 1.165) is 11.1 Å². The van der Waals surface area contributed by atoms with Crippen molar-refractivity contribution in [2.24, 2.45) is 5.92 Å². The second-order valence-electron chi connectivity index (χ2n) is 6.69. The van der Waals surface area contributed by atoms with Crippen molar-refractivity contribution in [2.45, 2.75) is 19.4 Å². The molecule has 1 heterocycles. The van der Waals surface area contributed by atoms with Gasteiger partial charge in [0.25, 0.3) is 0 Å². The van der Waals surface area contributed by atoms with Gasteiger partial charge in [-0.2, -0.15) is 0 Å². The molecule has 1 fully saturated rings. The Hall–Kier alpha value is -2.14. The van der Waals surface area contributed by atoms with Gasteiger partial charge in [-0.1, -0.05) is 60.7 Å². The summed E-state index contributed by atoms with van der Waals surface area (Å²) >= 11 is 0. The smallest absolute Gasteiger partial charge is 0.227 e. The summed E-state index contributed by atoms with van der Waals surface area (Å²) in [6.07, 6.45) is 0.985. The highest BCUT2D eigenvalue weighted by atomic mass is 32.2. The molecule has 1 saturated heterocycles. The van der Waals surface area contributed by atoms with Gasteiger partial charge in [-0.05, 0) is 23.5 Å². The molecule has 25 heavy (non-hydrogen) atoms. The zero-order valence-corrected chi connectivity index (χ0v) is 15.0. The number of hydrogen-bond donors (Lipinski definition) is 0. The van der Waals surface area contributed by atoms with Gasteiger partial charge in [-0.15, -0.1) is 0 Å². The van der Waals surface area contributed by atoms with E-state index in [-0.39, 0.29) is 23.3 Å².